The molecule has 0 aliphatic rings. The Morgan fingerprint density at radius 3 is 2.74 bits per heavy atom. The van der Waals surface area contributed by atoms with E-state index in [9.17, 15) is 4.79 Å². The maximum absolute atomic E-state index is 12.7. The first kappa shape index (κ1) is 19.1. The Kier molecular flexibility index (Phi) is 6.21. The van der Waals surface area contributed by atoms with Gasteiger partial charge in [0.05, 0.1) is 10.7 Å². The van der Waals surface area contributed by atoms with Crippen LogP contribution in [0.2, 0.25) is 0 Å². The van der Waals surface area contributed by atoms with Gasteiger partial charge in [0, 0.05) is 23.2 Å². The highest BCUT2D eigenvalue weighted by Crippen LogP contribution is 2.20. The molecule has 0 spiro atoms. The van der Waals surface area contributed by atoms with E-state index in [0.29, 0.717) is 17.9 Å². The SMILES string of the molecule is Cc1nc(COc2cccc(C(=O)Nc3ccccc3CN(C)C)c2)cs1. The van der Waals surface area contributed by atoms with Crippen LogP contribution in [0.4, 0.5) is 5.69 Å². The summed E-state index contributed by atoms with van der Waals surface area (Å²) in [5.74, 6) is 0.492. The van der Waals surface area contributed by atoms with Crippen LogP contribution in [0.15, 0.2) is 53.9 Å². The van der Waals surface area contributed by atoms with Crippen molar-refractivity contribution in [2.24, 2.45) is 0 Å². The average Bonchev–Trinajstić information content (AvgIpc) is 3.07. The van der Waals surface area contributed by atoms with E-state index in [2.05, 4.69) is 15.2 Å². The normalized spacial score (nSPS) is 10.8. The summed E-state index contributed by atoms with van der Waals surface area (Å²) in [7, 11) is 4.01. The van der Waals surface area contributed by atoms with E-state index < -0.39 is 0 Å². The van der Waals surface area contributed by atoms with Crippen molar-refractivity contribution in [3.8, 4) is 5.75 Å². The van der Waals surface area contributed by atoms with Gasteiger partial charge in [0.1, 0.15) is 12.4 Å². The molecular weight excluding hydrogens is 358 g/mol. The summed E-state index contributed by atoms with van der Waals surface area (Å²) in [5.41, 5.74) is 3.34. The number of para-hydroxylation sites is 1. The van der Waals surface area contributed by atoms with Gasteiger partial charge in [0.25, 0.3) is 5.91 Å². The van der Waals surface area contributed by atoms with Gasteiger partial charge in [0.2, 0.25) is 0 Å². The molecule has 3 rings (SSSR count). The Labute approximate surface area is 163 Å². The summed E-state index contributed by atoms with van der Waals surface area (Å²) in [6, 6.07) is 15.0. The topological polar surface area (TPSA) is 54.5 Å². The van der Waals surface area contributed by atoms with Gasteiger partial charge in [-0.3, -0.25) is 4.79 Å². The van der Waals surface area contributed by atoms with Crippen LogP contribution in [0.25, 0.3) is 0 Å². The third-order valence-corrected chi connectivity index (χ3v) is 4.72. The number of carbonyl (C=O) groups excluding carboxylic acids is 1. The number of nitrogens with one attached hydrogen (secondary N) is 1. The van der Waals surface area contributed by atoms with Crippen LogP contribution in [0.3, 0.4) is 0 Å². The van der Waals surface area contributed by atoms with Crippen LogP contribution >= 0.6 is 11.3 Å². The number of aryl methyl sites for hydroxylation is 1. The molecule has 6 heteroatoms. The molecule has 0 saturated carbocycles. The minimum Gasteiger partial charge on any atom is -0.487 e. The van der Waals surface area contributed by atoms with E-state index in [4.69, 9.17) is 4.74 Å². The lowest BCUT2D eigenvalue weighted by molar-refractivity contribution is 0.102. The number of hydrogen-bond donors (Lipinski definition) is 1. The fourth-order valence-corrected chi connectivity index (χ4v) is 3.27. The second-order valence-corrected chi connectivity index (χ2v) is 7.59. The van der Waals surface area contributed by atoms with Crippen molar-refractivity contribution >= 4 is 22.9 Å². The van der Waals surface area contributed by atoms with Crippen molar-refractivity contribution in [2.45, 2.75) is 20.1 Å². The van der Waals surface area contributed by atoms with Crippen LogP contribution in [0, 0.1) is 6.92 Å². The number of carbonyl (C=O) groups is 1. The molecule has 0 radical (unpaired) electrons. The number of rotatable bonds is 7. The molecule has 1 heterocycles. The van der Waals surface area contributed by atoms with Gasteiger partial charge >= 0.3 is 0 Å². The van der Waals surface area contributed by atoms with E-state index in [1.807, 2.05) is 62.8 Å². The Morgan fingerprint density at radius 1 is 1.19 bits per heavy atom. The molecule has 5 nitrogen and oxygen atoms in total. The molecule has 1 aromatic heterocycles. The maximum atomic E-state index is 12.7. The molecule has 140 valence electrons. The molecule has 0 aliphatic heterocycles. The Balaban J connectivity index is 1.68. The van der Waals surface area contributed by atoms with E-state index in [1.54, 1.807) is 23.5 Å². The van der Waals surface area contributed by atoms with Gasteiger partial charge in [-0.05, 0) is 50.8 Å². The molecule has 3 aromatic rings. The van der Waals surface area contributed by atoms with Crippen molar-refractivity contribution < 1.29 is 9.53 Å². The number of aromatic nitrogens is 1. The zero-order valence-electron chi connectivity index (χ0n) is 15.7. The summed E-state index contributed by atoms with van der Waals surface area (Å²) in [4.78, 5) is 19.1. The third kappa shape index (κ3) is 5.39. The third-order valence-electron chi connectivity index (χ3n) is 3.90. The Bertz CT molecular complexity index is 921. The predicted octanol–water partition coefficient (Wildman–Crippen LogP) is 4.34. The number of thiazole rings is 1. The highest BCUT2D eigenvalue weighted by atomic mass is 32.1. The Morgan fingerprint density at radius 2 is 2.00 bits per heavy atom. The molecule has 0 aliphatic carbocycles. The molecular formula is C21H23N3O2S. The molecule has 0 bridgehead atoms. The zero-order chi connectivity index (χ0) is 19.2. The van der Waals surface area contributed by atoms with Gasteiger partial charge in [-0.1, -0.05) is 24.3 Å². The minimum absolute atomic E-state index is 0.156. The maximum Gasteiger partial charge on any atom is 0.255 e. The monoisotopic (exact) mass is 381 g/mol. The summed E-state index contributed by atoms with van der Waals surface area (Å²) >= 11 is 1.60. The van der Waals surface area contributed by atoms with E-state index in [-0.39, 0.29) is 5.91 Å². The molecule has 0 atom stereocenters. The van der Waals surface area contributed by atoms with Gasteiger partial charge < -0.3 is 15.0 Å². The van der Waals surface area contributed by atoms with Crippen LogP contribution in [-0.4, -0.2) is 29.9 Å². The number of nitrogens with zero attached hydrogens (tertiary/aromatic N) is 2. The Hall–Kier alpha value is -2.70. The highest BCUT2D eigenvalue weighted by molar-refractivity contribution is 7.09. The lowest BCUT2D eigenvalue weighted by Crippen LogP contribution is -2.16. The molecule has 27 heavy (non-hydrogen) atoms. The number of ether oxygens (including phenoxy) is 1. The van der Waals surface area contributed by atoms with Crippen molar-refractivity contribution in [1.82, 2.24) is 9.88 Å². The summed E-state index contributed by atoms with van der Waals surface area (Å²) in [5, 5.41) is 6.00. The van der Waals surface area contributed by atoms with Crippen LogP contribution in [-0.2, 0) is 13.2 Å². The molecule has 1 N–H and O–H groups in total. The summed E-state index contributed by atoms with van der Waals surface area (Å²) < 4.78 is 5.78. The lowest BCUT2D eigenvalue weighted by atomic mass is 10.1. The smallest absolute Gasteiger partial charge is 0.255 e. The first-order chi connectivity index (χ1) is 13.0. The van der Waals surface area contributed by atoms with E-state index >= 15 is 0 Å². The fourth-order valence-electron chi connectivity index (χ4n) is 2.67. The number of anilines is 1. The van der Waals surface area contributed by atoms with Gasteiger partial charge in [-0.15, -0.1) is 11.3 Å². The molecule has 0 saturated heterocycles. The first-order valence-corrected chi connectivity index (χ1v) is 9.57. The summed E-state index contributed by atoms with van der Waals surface area (Å²) in [6.07, 6.45) is 0. The van der Waals surface area contributed by atoms with E-state index in [1.165, 1.54) is 0 Å². The molecule has 1 amide bonds. The minimum atomic E-state index is -0.156. The quantitative estimate of drug-likeness (QED) is 0.661. The molecule has 2 aromatic carbocycles. The van der Waals surface area contributed by atoms with Crippen molar-refractivity contribution in [3.05, 3.63) is 75.7 Å². The second kappa shape index (κ2) is 8.79. The van der Waals surface area contributed by atoms with Gasteiger partial charge in [-0.2, -0.15) is 0 Å². The largest absolute Gasteiger partial charge is 0.487 e. The van der Waals surface area contributed by atoms with Crippen LogP contribution in [0.5, 0.6) is 5.75 Å². The number of amides is 1. The number of hydrogen-bond acceptors (Lipinski definition) is 5. The fraction of sp³-hybridized carbons (Fsp3) is 0.238. The molecule has 0 fully saturated rings. The lowest BCUT2D eigenvalue weighted by Gasteiger charge is -2.15. The standard InChI is InChI=1S/C21H23N3O2S/c1-15-22-18(14-27-15)13-26-19-9-6-8-16(11-19)21(25)23-20-10-5-4-7-17(20)12-24(2)3/h4-11,14H,12-13H2,1-3H3,(H,23,25). The second-order valence-electron chi connectivity index (χ2n) is 6.52. The highest BCUT2D eigenvalue weighted by Gasteiger charge is 2.11. The summed E-state index contributed by atoms with van der Waals surface area (Å²) in [6.45, 7) is 3.11. The van der Waals surface area contributed by atoms with Crippen LogP contribution < -0.4 is 10.1 Å². The molecule has 0 unspecified atom stereocenters. The zero-order valence-corrected chi connectivity index (χ0v) is 16.5. The first-order valence-electron chi connectivity index (χ1n) is 8.69. The van der Waals surface area contributed by atoms with Gasteiger partial charge in [0.15, 0.2) is 0 Å². The predicted molar refractivity (Wildman–Crippen MR) is 109 cm³/mol. The van der Waals surface area contributed by atoms with Crippen molar-refractivity contribution in [1.29, 1.82) is 0 Å². The number of benzene rings is 2. The van der Waals surface area contributed by atoms with Crippen molar-refractivity contribution in [3.63, 3.8) is 0 Å². The van der Waals surface area contributed by atoms with Gasteiger partial charge in [-0.25, -0.2) is 4.98 Å². The van der Waals surface area contributed by atoms with Crippen LogP contribution in [0.1, 0.15) is 26.6 Å². The van der Waals surface area contributed by atoms with Crippen molar-refractivity contribution in [2.75, 3.05) is 19.4 Å². The average molecular weight is 382 g/mol. The van der Waals surface area contributed by atoms with E-state index in [0.717, 1.165) is 28.5 Å².